The molecule has 0 aliphatic rings. The van der Waals surface area contributed by atoms with Crippen LogP contribution in [0.4, 0.5) is 131 Å². The molecule has 0 N–H and O–H groups in total. The van der Waals surface area contributed by atoms with Gasteiger partial charge in [-0.15, -0.1) is 20.5 Å². The van der Waals surface area contributed by atoms with Crippen LogP contribution < -0.4 is 19.6 Å². The summed E-state index contributed by atoms with van der Waals surface area (Å²) < 4.78 is 74.4. The Morgan fingerprint density at radius 1 is 0.343 bits per heavy atom. The molecule has 0 saturated heterocycles. The van der Waals surface area contributed by atoms with Crippen LogP contribution in [0.15, 0.2) is 247 Å². The van der Waals surface area contributed by atoms with Crippen LogP contribution >= 0.6 is 0 Å². The summed E-state index contributed by atoms with van der Waals surface area (Å²) in [6.07, 6.45) is 0.531. The number of anilines is 4. The predicted molar refractivity (Wildman–Crippen MR) is 468 cm³/mol. The number of hydrogen-bond acceptors (Lipinski definition) is 38. The number of nitro benzene ring substituents is 8. The summed E-state index contributed by atoms with van der Waals surface area (Å²) in [5.74, 6) is -7.09. The number of halogens is 4. The lowest BCUT2D eigenvalue weighted by atomic mass is 10.2. The first-order valence-corrected chi connectivity index (χ1v) is 38.8. The van der Waals surface area contributed by atoms with Gasteiger partial charge in [0.25, 0.3) is 0 Å². The number of likely N-dealkylation sites (N-methyl/N-ethyl adjacent to an activating group) is 1. The molecule has 0 atom stereocenters. The highest BCUT2D eigenvalue weighted by atomic mass is 19.1. The van der Waals surface area contributed by atoms with Gasteiger partial charge in [0.1, 0.15) is 13.2 Å². The average Bonchev–Trinajstić information content (AvgIpc) is 0.821. The largest absolute Gasteiger partial charge is 0.469 e. The van der Waals surface area contributed by atoms with Gasteiger partial charge in [0.15, 0.2) is 28.5 Å². The topological polar surface area (TPSA) is 603 Å². The van der Waals surface area contributed by atoms with Gasteiger partial charge in [-0.25, -0.2) is 0 Å². The summed E-state index contributed by atoms with van der Waals surface area (Å²) in [6, 6.07) is 51.7. The highest BCUT2D eigenvalue weighted by molar-refractivity contribution is 5.81. The monoisotopic (exact) mass is 1850 g/mol. The second-order valence-electron chi connectivity index (χ2n) is 27.2. The Balaban J connectivity index is 0.000000245. The second-order valence-corrected chi connectivity index (χ2v) is 27.2. The van der Waals surface area contributed by atoms with Gasteiger partial charge < -0.3 is 38.5 Å². The molecular weight excluding hydrogens is 1780 g/mol. The van der Waals surface area contributed by atoms with Crippen molar-refractivity contribution in [1.82, 2.24) is 0 Å². The smallest absolute Gasteiger partial charge is 0.325 e. The van der Waals surface area contributed by atoms with Crippen molar-refractivity contribution in [3.05, 3.63) is 322 Å². The zero-order valence-corrected chi connectivity index (χ0v) is 70.9. The third-order valence-corrected chi connectivity index (χ3v) is 18.2. The number of ether oxygens (including phenoxy) is 4. The number of hydrogen-bond donors (Lipinski definition) is 0. The minimum atomic E-state index is -1.29. The van der Waals surface area contributed by atoms with Crippen molar-refractivity contribution >= 4 is 143 Å². The van der Waals surface area contributed by atoms with Gasteiger partial charge in [0, 0.05) is 92.8 Å². The zero-order valence-electron chi connectivity index (χ0n) is 70.9. The first-order chi connectivity index (χ1) is 63.9. The first-order valence-electron chi connectivity index (χ1n) is 38.8. The van der Waals surface area contributed by atoms with E-state index in [0.29, 0.717) is 110 Å². The number of nitrogens with zero attached hydrogens (tertiary/aromatic N) is 21. The lowest BCUT2D eigenvalue weighted by molar-refractivity contribution is -0.395. The number of carbonyl (C=O) groups excluding carboxylic acids is 5. The molecule has 0 aromatic heterocycles. The van der Waals surface area contributed by atoms with Crippen LogP contribution in [0.25, 0.3) is 0 Å². The summed E-state index contributed by atoms with van der Waals surface area (Å²) >= 11 is 0. The summed E-state index contributed by atoms with van der Waals surface area (Å²) in [7, 11) is 3.82. The Hall–Kier alpha value is -18.2. The molecule has 0 aliphatic heterocycles. The molecule has 10 rings (SSSR count). The number of benzene rings is 10. The van der Waals surface area contributed by atoms with Gasteiger partial charge in [0.2, 0.25) is 23.3 Å². The summed E-state index contributed by atoms with van der Waals surface area (Å²) in [4.78, 5) is 145. The third kappa shape index (κ3) is 31.7. The molecule has 10 aromatic rings. The number of nitro groups is 8. The molecule has 0 amide bonds. The highest BCUT2D eigenvalue weighted by Gasteiger charge is 2.30. The van der Waals surface area contributed by atoms with E-state index in [1.807, 2.05) is 77.4 Å². The molecule has 0 radical (unpaired) electrons. The molecule has 0 spiro atoms. The average molecular weight is 1850 g/mol. The van der Waals surface area contributed by atoms with E-state index in [2.05, 4.69) is 61.2 Å². The molecule has 10 aromatic carbocycles. The quantitative estimate of drug-likeness (QED) is 0.00859. The molecule has 134 heavy (non-hydrogen) atoms. The number of carbonyl (C=O) groups is 5. The van der Waals surface area contributed by atoms with E-state index in [1.54, 1.807) is 94.7 Å². The fourth-order valence-electron chi connectivity index (χ4n) is 11.5. The molecule has 0 aliphatic carbocycles. The Kier molecular flexibility index (Phi) is 39.1. The van der Waals surface area contributed by atoms with Crippen molar-refractivity contribution < 1.29 is 99.9 Å². The van der Waals surface area contributed by atoms with Crippen LogP contribution in [0.1, 0.15) is 50.7 Å². The maximum atomic E-state index is 14.0. The number of ketones is 1. The Morgan fingerprint density at radius 3 is 0.866 bits per heavy atom. The summed E-state index contributed by atoms with van der Waals surface area (Å²) in [5, 5.41) is 127. The molecular formula is C84H75F4N21O25. The lowest BCUT2D eigenvalue weighted by Gasteiger charge is -2.25. The number of azo groups is 4. The number of rotatable bonds is 40. The Labute approximate surface area is 753 Å². The van der Waals surface area contributed by atoms with E-state index in [0.717, 1.165) is 22.5 Å². The molecule has 50 heteroatoms. The van der Waals surface area contributed by atoms with Crippen LogP contribution in [-0.4, -0.2) is 136 Å². The van der Waals surface area contributed by atoms with Crippen molar-refractivity contribution in [2.75, 3.05) is 86.8 Å². The normalized spacial score (nSPS) is 10.7. The van der Waals surface area contributed by atoms with Crippen LogP contribution in [-0.2, 0) is 56.0 Å². The molecule has 694 valence electrons. The van der Waals surface area contributed by atoms with Crippen molar-refractivity contribution in [3.8, 4) is 6.07 Å². The van der Waals surface area contributed by atoms with Crippen LogP contribution in [0.2, 0.25) is 0 Å². The molecule has 46 nitrogen and oxygen atoms in total. The van der Waals surface area contributed by atoms with Crippen LogP contribution in [0.3, 0.4) is 0 Å². The fourth-order valence-corrected chi connectivity index (χ4v) is 11.5. The SMILES string of the molecule is CC(=O)COC(=O)CCN(Cc1ccccc1)c1ccc(N=Nc2cc(F)c([N+](=O)[O-])cc2[N+](=O)[O-])cc1.CCN(CC(=O)OC)c1ccc(N=Nc2cc(F)c([N+](=O)[O-])cc2[N+](=O)[O-])cc1.COC(=O)CCN(CCC(=O)OC)c1ccc(N=Nc2cc(F)c([N+](=O)[O-])cc2[N+](=O)[O-])cc1.N#CCCN(Cc1ccccc1)c1ccc(N=Nc2cc(F)c([N+](=O)[O-])cc2[N+](=O)[O-])cc1. The van der Waals surface area contributed by atoms with Crippen molar-refractivity contribution in [2.45, 2.75) is 52.6 Å². The standard InChI is InChI=1S/C25H22FN5O7.C22H17FN6O4.C20H20FN5O8.C17H16FN5O6/c1-17(32)16-38-25(33)11-12-29(15-18-5-3-2-4-6-18)20-9-7-19(8-10-20)27-28-22-13-21(26)23(30(34)35)14-24(22)31(36)37;23-19-13-20(22(29(32)33)14-21(19)28(30)31)26-25-17-7-9-18(10-8-17)27(12-4-11-24)15-16-5-2-1-3-6-16;1-33-19(27)7-9-24(10-8-20(28)34-2)14-5-3-13(4-6-14)22-23-16-11-15(21)17(25(29)30)12-18(16)26(31)32;1-3-21(10-17(24)29-2)12-6-4-11(5-7-12)19-20-14-8-13(18)15(22(25)26)9-16(14)23(27)28/h2-10,13-14H,11-12,15-16H2,1H3;1-3,5-10,13-14H,4,12,15H2;3-6,11-12H,7-10H2,1-2H3;4-9H,3,10H2,1-2H3. The zero-order chi connectivity index (χ0) is 98.3. The Bertz CT molecular complexity index is 6110. The number of nitriles is 1. The predicted octanol–water partition coefficient (Wildman–Crippen LogP) is 19.6. The number of methoxy groups -OCH3 is 3. The Morgan fingerprint density at radius 2 is 0.604 bits per heavy atom. The van der Waals surface area contributed by atoms with Gasteiger partial charge in [-0.3, -0.25) is 105 Å². The fraction of sp³-hybridized carbons (Fsp3) is 0.214. The molecule has 0 saturated carbocycles. The van der Waals surface area contributed by atoms with Gasteiger partial charge in [-0.2, -0.15) is 43.3 Å². The molecule has 0 fully saturated rings. The van der Waals surface area contributed by atoms with E-state index in [4.69, 9.17) is 10.00 Å². The molecule has 0 heterocycles. The molecule has 0 bridgehead atoms. The van der Waals surface area contributed by atoms with Crippen LogP contribution in [0, 0.1) is 116 Å². The lowest BCUT2D eigenvalue weighted by Crippen LogP contribution is -2.30. The van der Waals surface area contributed by atoms with Crippen molar-refractivity contribution in [2.24, 2.45) is 40.9 Å². The van der Waals surface area contributed by atoms with E-state index in [-0.39, 0.29) is 62.7 Å². The van der Waals surface area contributed by atoms with Crippen molar-refractivity contribution in [1.29, 1.82) is 5.26 Å². The third-order valence-electron chi connectivity index (χ3n) is 18.2. The van der Waals surface area contributed by atoms with Gasteiger partial charge >= 0.3 is 69.4 Å². The second kappa shape index (κ2) is 50.9. The van der Waals surface area contributed by atoms with Crippen molar-refractivity contribution in [3.63, 3.8) is 0 Å². The van der Waals surface area contributed by atoms with E-state index >= 15 is 0 Å². The highest BCUT2D eigenvalue weighted by Crippen LogP contribution is 2.40. The van der Waals surface area contributed by atoms with E-state index in [1.165, 1.54) is 40.4 Å². The number of esters is 4. The van der Waals surface area contributed by atoms with Crippen LogP contribution in [0.5, 0.6) is 0 Å². The van der Waals surface area contributed by atoms with E-state index < -0.39 is 155 Å². The van der Waals surface area contributed by atoms with Gasteiger partial charge in [0.05, 0.1) is 139 Å². The van der Waals surface area contributed by atoms with E-state index in [9.17, 15) is 122 Å². The number of Topliss-reactive ketones (excluding diaryl/α,β-unsaturated/α-hetero) is 1. The first kappa shape index (κ1) is 103. The minimum absolute atomic E-state index is 0.0386. The molecule has 0 unspecified atom stereocenters. The minimum Gasteiger partial charge on any atom is -0.469 e. The van der Waals surface area contributed by atoms with Gasteiger partial charge in [-0.05, 0) is 122 Å². The maximum absolute atomic E-state index is 14.0. The maximum Gasteiger partial charge on any atom is 0.325 e. The van der Waals surface area contributed by atoms with Gasteiger partial charge in [-0.1, -0.05) is 60.7 Å². The summed E-state index contributed by atoms with van der Waals surface area (Å²) in [6.45, 7) is 5.90. The summed E-state index contributed by atoms with van der Waals surface area (Å²) in [5.41, 5.74) is -2.85.